The smallest absolute Gasteiger partial charge is 0.212 e. The molecule has 2 unspecified atom stereocenters. The first kappa shape index (κ1) is 13.5. The molecule has 1 saturated heterocycles. The molecule has 3 rings (SSSR count). The molecule has 2 atom stereocenters. The van der Waals surface area contributed by atoms with Gasteiger partial charge in [0.2, 0.25) is 10.0 Å². The second kappa shape index (κ2) is 5.52. The zero-order valence-electron chi connectivity index (χ0n) is 10.8. The largest absolute Gasteiger partial charge is 0.381 e. The van der Waals surface area contributed by atoms with Crippen LogP contribution < -0.4 is 4.72 Å². The maximum atomic E-state index is 12.2. The van der Waals surface area contributed by atoms with Gasteiger partial charge in [0.1, 0.15) is 0 Å². The third-order valence-corrected chi connectivity index (χ3v) is 6.40. The lowest BCUT2D eigenvalue weighted by Crippen LogP contribution is -2.34. The number of nitrogens with one attached hydrogen (secondary N) is 1. The van der Waals surface area contributed by atoms with Gasteiger partial charge >= 0.3 is 0 Å². The number of aryl methyl sites for hydroxylation is 1. The molecule has 106 valence electrons. The number of sulfonamides is 1. The van der Waals surface area contributed by atoms with E-state index in [0.29, 0.717) is 13.2 Å². The van der Waals surface area contributed by atoms with Crippen LogP contribution in [0.1, 0.15) is 35.7 Å². The summed E-state index contributed by atoms with van der Waals surface area (Å²) in [7, 11) is -3.21. The lowest BCUT2D eigenvalue weighted by Gasteiger charge is -2.24. The zero-order valence-corrected chi connectivity index (χ0v) is 12.4. The van der Waals surface area contributed by atoms with Gasteiger partial charge in [-0.3, -0.25) is 0 Å². The van der Waals surface area contributed by atoms with Crippen molar-refractivity contribution in [1.29, 1.82) is 0 Å². The van der Waals surface area contributed by atoms with E-state index in [0.717, 1.165) is 25.7 Å². The first-order valence-electron chi connectivity index (χ1n) is 6.78. The Morgan fingerprint density at radius 2 is 2.32 bits per heavy atom. The molecule has 2 heterocycles. The van der Waals surface area contributed by atoms with Crippen molar-refractivity contribution in [1.82, 2.24) is 4.72 Å². The molecule has 0 radical (unpaired) electrons. The van der Waals surface area contributed by atoms with Gasteiger partial charge in [-0.15, -0.1) is 11.3 Å². The molecule has 0 saturated carbocycles. The molecule has 0 spiro atoms. The summed E-state index contributed by atoms with van der Waals surface area (Å²) in [6.07, 6.45) is 3.91. The molecule has 4 nitrogen and oxygen atoms in total. The van der Waals surface area contributed by atoms with Gasteiger partial charge in [0, 0.05) is 17.5 Å². The fourth-order valence-electron chi connectivity index (χ4n) is 2.90. The highest BCUT2D eigenvalue weighted by atomic mass is 32.2. The van der Waals surface area contributed by atoms with Crippen LogP contribution in [0.5, 0.6) is 0 Å². The molecule has 6 heteroatoms. The molecule has 0 amide bonds. The Bertz CT molecular complexity index is 532. The fourth-order valence-corrected chi connectivity index (χ4v) is 5.54. The Balaban J connectivity index is 1.68. The van der Waals surface area contributed by atoms with Crippen molar-refractivity contribution >= 4 is 21.4 Å². The monoisotopic (exact) mass is 301 g/mol. The van der Waals surface area contributed by atoms with Crippen molar-refractivity contribution in [2.45, 2.75) is 31.7 Å². The van der Waals surface area contributed by atoms with E-state index in [1.165, 1.54) is 10.4 Å². The number of fused-ring (bicyclic) bond motifs is 1. The van der Waals surface area contributed by atoms with E-state index in [1.807, 2.05) is 0 Å². The Morgan fingerprint density at radius 1 is 1.42 bits per heavy atom. The van der Waals surface area contributed by atoms with Crippen LogP contribution in [0.3, 0.4) is 0 Å². The van der Waals surface area contributed by atoms with E-state index in [-0.39, 0.29) is 17.7 Å². The molecule has 1 aromatic rings. The minimum absolute atomic E-state index is 0.0256. The summed E-state index contributed by atoms with van der Waals surface area (Å²) in [6, 6.07) is 2.03. The molecule has 2 aliphatic rings. The minimum Gasteiger partial charge on any atom is -0.381 e. The van der Waals surface area contributed by atoms with Crippen LogP contribution in [0.25, 0.3) is 0 Å². The van der Waals surface area contributed by atoms with Crippen LogP contribution in [-0.2, 0) is 21.2 Å². The van der Waals surface area contributed by atoms with Gasteiger partial charge in [-0.25, -0.2) is 13.1 Å². The molecule has 0 aromatic carbocycles. The van der Waals surface area contributed by atoms with Crippen LogP contribution in [0, 0.1) is 5.92 Å². The van der Waals surface area contributed by atoms with Crippen molar-refractivity contribution in [2.24, 2.45) is 5.92 Å². The zero-order chi connectivity index (χ0) is 13.3. The molecule has 0 bridgehead atoms. The fraction of sp³-hybridized carbons (Fsp3) is 0.692. The second-order valence-corrected chi connectivity index (χ2v) is 8.17. The molecular weight excluding hydrogens is 282 g/mol. The molecular formula is C13H19NO3S2. The van der Waals surface area contributed by atoms with E-state index in [1.54, 1.807) is 11.3 Å². The highest BCUT2D eigenvalue weighted by Gasteiger charge is 2.28. The molecule has 1 aromatic heterocycles. The standard InChI is InChI=1S/C13H19NO3S2/c15-19(16,9-10-4-6-17-8-10)14-12-2-1-3-13-11(12)5-7-18-13/h5,7,10,12,14H,1-4,6,8-9H2. The van der Waals surface area contributed by atoms with E-state index >= 15 is 0 Å². The van der Waals surface area contributed by atoms with Gasteiger partial charge in [-0.05, 0) is 48.6 Å². The molecule has 1 N–H and O–H groups in total. The van der Waals surface area contributed by atoms with Gasteiger partial charge in [0.25, 0.3) is 0 Å². The average molecular weight is 301 g/mol. The van der Waals surface area contributed by atoms with Crippen molar-refractivity contribution in [3.8, 4) is 0 Å². The number of hydrogen-bond acceptors (Lipinski definition) is 4. The van der Waals surface area contributed by atoms with Crippen molar-refractivity contribution < 1.29 is 13.2 Å². The SMILES string of the molecule is O=S(=O)(CC1CCOC1)NC1CCCc2sccc21. The normalized spacial score (nSPS) is 27.4. The lowest BCUT2D eigenvalue weighted by atomic mass is 9.95. The van der Waals surface area contributed by atoms with Gasteiger partial charge < -0.3 is 4.74 Å². The van der Waals surface area contributed by atoms with Gasteiger partial charge in [-0.2, -0.15) is 0 Å². The quantitative estimate of drug-likeness (QED) is 0.926. The van der Waals surface area contributed by atoms with Crippen LogP contribution in [0.15, 0.2) is 11.4 Å². The maximum absolute atomic E-state index is 12.2. The highest BCUT2D eigenvalue weighted by Crippen LogP contribution is 2.33. The maximum Gasteiger partial charge on any atom is 0.212 e. The molecule has 1 aliphatic carbocycles. The molecule has 1 fully saturated rings. The van der Waals surface area contributed by atoms with Crippen molar-refractivity contribution in [3.63, 3.8) is 0 Å². The molecule has 1 aliphatic heterocycles. The van der Waals surface area contributed by atoms with Crippen molar-refractivity contribution in [3.05, 3.63) is 21.9 Å². The predicted molar refractivity (Wildman–Crippen MR) is 75.8 cm³/mol. The number of rotatable bonds is 4. The number of hydrogen-bond donors (Lipinski definition) is 1. The topological polar surface area (TPSA) is 55.4 Å². The van der Waals surface area contributed by atoms with Gasteiger partial charge in [0.05, 0.1) is 12.4 Å². The van der Waals surface area contributed by atoms with Gasteiger partial charge in [0.15, 0.2) is 0 Å². The summed E-state index contributed by atoms with van der Waals surface area (Å²) in [5.41, 5.74) is 1.18. The van der Waals surface area contributed by atoms with E-state index in [2.05, 4.69) is 16.2 Å². The van der Waals surface area contributed by atoms with Crippen LogP contribution in [0.2, 0.25) is 0 Å². The van der Waals surface area contributed by atoms with E-state index in [9.17, 15) is 8.42 Å². The Kier molecular flexibility index (Phi) is 3.93. The van der Waals surface area contributed by atoms with Gasteiger partial charge in [-0.1, -0.05) is 0 Å². The van der Waals surface area contributed by atoms with Crippen LogP contribution >= 0.6 is 11.3 Å². The summed E-state index contributed by atoms with van der Waals surface area (Å²) >= 11 is 1.73. The van der Waals surface area contributed by atoms with Crippen LogP contribution in [0.4, 0.5) is 0 Å². The lowest BCUT2D eigenvalue weighted by molar-refractivity contribution is 0.188. The summed E-state index contributed by atoms with van der Waals surface area (Å²) in [5, 5.41) is 2.06. The summed E-state index contributed by atoms with van der Waals surface area (Å²) < 4.78 is 32.6. The Morgan fingerprint density at radius 3 is 3.11 bits per heavy atom. The summed E-state index contributed by atoms with van der Waals surface area (Å²) in [4.78, 5) is 1.34. The third-order valence-electron chi connectivity index (χ3n) is 3.85. The molecule has 19 heavy (non-hydrogen) atoms. The van der Waals surface area contributed by atoms with Crippen molar-refractivity contribution in [2.75, 3.05) is 19.0 Å². The highest BCUT2D eigenvalue weighted by molar-refractivity contribution is 7.89. The summed E-state index contributed by atoms with van der Waals surface area (Å²) in [6.45, 7) is 1.27. The van der Waals surface area contributed by atoms with E-state index < -0.39 is 10.0 Å². The first-order chi connectivity index (χ1) is 9.14. The predicted octanol–water partition coefficient (Wildman–Crippen LogP) is 2.08. The Labute approximate surface area is 118 Å². The minimum atomic E-state index is -3.21. The third kappa shape index (κ3) is 3.18. The number of thiophene rings is 1. The van der Waals surface area contributed by atoms with Crippen LogP contribution in [-0.4, -0.2) is 27.4 Å². The Hall–Kier alpha value is -0.430. The van der Waals surface area contributed by atoms with E-state index in [4.69, 9.17) is 4.74 Å². The summed E-state index contributed by atoms with van der Waals surface area (Å²) in [5.74, 6) is 0.353. The first-order valence-corrected chi connectivity index (χ1v) is 9.31. The number of ether oxygens (including phenoxy) is 1. The second-order valence-electron chi connectivity index (χ2n) is 5.37. The average Bonchev–Trinajstić information content (AvgIpc) is 2.98.